The van der Waals surface area contributed by atoms with Crippen LogP contribution in [-0.2, 0) is 15.6 Å². The summed E-state index contributed by atoms with van der Waals surface area (Å²) in [6.45, 7) is 3.63. The highest BCUT2D eigenvalue weighted by Crippen LogP contribution is 2.27. The summed E-state index contributed by atoms with van der Waals surface area (Å²) in [5.74, 6) is -0.0850. The summed E-state index contributed by atoms with van der Waals surface area (Å²) in [5, 5.41) is 0.348. The van der Waals surface area contributed by atoms with E-state index in [4.69, 9.17) is 16.0 Å². The molecule has 0 fully saturated rings. The van der Waals surface area contributed by atoms with E-state index in [0.29, 0.717) is 21.9 Å². The maximum absolute atomic E-state index is 13.1. The number of sulfone groups is 1. The number of carbonyl (C=O) groups is 1. The van der Waals surface area contributed by atoms with Crippen LogP contribution in [-0.4, -0.2) is 24.2 Å². The average molecular weight is 467 g/mol. The smallest absolute Gasteiger partial charge is 0.194 e. The summed E-state index contributed by atoms with van der Waals surface area (Å²) in [6, 6.07) is 14.4. The molecule has 0 aliphatic heterocycles. The van der Waals surface area contributed by atoms with Crippen LogP contribution in [0.2, 0.25) is 5.02 Å². The summed E-state index contributed by atoms with van der Waals surface area (Å²) >= 11 is 6.11. The van der Waals surface area contributed by atoms with E-state index in [2.05, 4.69) is 9.97 Å². The molecule has 0 saturated carbocycles. The number of carbonyl (C=O) groups excluding carboxylic acids is 1. The first-order chi connectivity index (χ1) is 15.2. The zero-order valence-corrected chi connectivity index (χ0v) is 18.9. The Morgan fingerprint density at radius 3 is 2.38 bits per heavy atom. The summed E-state index contributed by atoms with van der Waals surface area (Å²) in [5.41, 5.74) is 3.20. The molecule has 0 N–H and O–H groups in total. The van der Waals surface area contributed by atoms with E-state index in [9.17, 15) is 13.2 Å². The third kappa shape index (κ3) is 4.49. The van der Waals surface area contributed by atoms with Gasteiger partial charge in [0.15, 0.2) is 27.8 Å². The zero-order valence-electron chi connectivity index (χ0n) is 17.4. The average Bonchev–Trinajstić information content (AvgIpc) is 3.21. The molecule has 0 saturated heterocycles. The van der Waals surface area contributed by atoms with Gasteiger partial charge in [0.25, 0.3) is 0 Å². The first-order valence-corrected chi connectivity index (χ1v) is 11.8. The number of hydrogen-bond acceptors (Lipinski definition) is 6. The van der Waals surface area contributed by atoms with Crippen molar-refractivity contribution in [1.29, 1.82) is 0 Å². The standard InChI is InChI=1S/C24H19ClN2O4S/c1-15-3-4-18(12-26-15)23(28)22-11-20(25)8-5-19(22)13-32(29,30)21-9-6-17(7-10-21)24-16(2)27-14-31-24/h3-12,14H,13H2,1-2H3. The van der Waals surface area contributed by atoms with Crippen LogP contribution in [0.1, 0.15) is 32.9 Å². The lowest BCUT2D eigenvalue weighted by atomic mass is 10.00. The molecule has 0 radical (unpaired) electrons. The Labute approximate surface area is 190 Å². The number of oxazole rings is 1. The fraction of sp³-hybridized carbons (Fsp3) is 0.125. The monoisotopic (exact) mass is 466 g/mol. The molecule has 32 heavy (non-hydrogen) atoms. The molecule has 0 unspecified atom stereocenters. The first-order valence-electron chi connectivity index (χ1n) is 9.73. The predicted octanol–water partition coefficient (Wildman–Crippen LogP) is 5.21. The van der Waals surface area contributed by atoms with Gasteiger partial charge in [-0.3, -0.25) is 9.78 Å². The van der Waals surface area contributed by atoms with Crippen LogP contribution in [0.3, 0.4) is 0 Å². The van der Waals surface area contributed by atoms with Crippen LogP contribution in [0.5, 0.6) is 0 Å². The fourth-order valence-corrected chi connectivity index (χ4v) is 4.87. The second-order valence-electron chi connectivity index (χ2n) is 7.37. The number of halogens is 1. The molecule has 0 atom stereocenters. The van der Waals surface area contributed by atoms with Crippen molar-refractivity contribution < 1.29 is 17.6 Å². The molecule has 0 amide bonds. The van der Waals surface area contributed by atoms with Crippen molar-refractivity contribution in [2.75, 3.05) is 0 Å². The van der Waals surface area contributed by atoms with Crippen molar-refractivity contribution >= 4 is 27.2 Å². The maximum atomic E-state index is 13.1. The Balaban J connectivity index is 1.65. The van der Waals surface area contributed by atoms with Gasteiger partial charge in [-0.1, -0.05) is 17.7 Å². The van der Waals surface area contributed by atoms with E-state index in [1.165, 1.54) is 30.8 Å². The van der Waals surface area contributed by atoms with Crippen LogP contribution in [0, 0.1) is 13.8 Å². The van der Waals surface area contributed by atoms with Crippen LogP contribution < -0.4 is 0 Å². The van der Waals surface area contributed by atoms with E-state index in [1.54, 1.807) is 36.4 Å². The molecular weight excluding hydrogens is 448 g/mol. The number of benzene rings is 2. The molecule has 8 heteroatoms. The normalized spacial score (nSPS) is 11.5. The van der Waals surface area contributed by atoms with Gasteiger partial charge in [0, 0.05) is 33.6 Å². The van der Waals surface area contributed by atoms with Gasteiger partial charge in [0.05, 0.1) is 16.3 Å². The van der Waals surface area contributed by atoms with Crippen molar-refractivity contribution in [2.45, 2.75) is 24.5 Å². The Kier molecular flexibility index (Phi) is 5.95. The number of ketones is 1. The number of aryl methyl sites for hydroxylation is 2. The zero-order chi connectivity index (χ0) is 22.9. The molecule has 162 valence electrons. The second kappa shape index (κ2) is 8.68. The van der Waals surface area contributed by atoms with Crippen molar-refractivity contribution in [1.82, 2.24) is 9.97 Å². The number of hydrogen-bond donors (Lipinski definition) is 0. The summed E-state index contributed by atoms with van der Waals surface area (Å²) in [6.07, 6.45) is 2.82. The lowest BCUT2D eigenvalue weighted by molar-refractivity contribution is 0.103. The van der Waals surface area contributed by atoms with Crippen LogP contribution >= 0.6 is 11.6 Å². The molecule has 0 aliphatic carbocycles. The quantitative estimate of drug-likeness (QED) is 0.362. The fourth-order valence-electron chi connectivity index (χ4n) is 3.32. The van der Waals surface area contributed by atoms with E-state index in [0.717, 1.165) is 17.0 Å². The molecule has 4 rings (SSSR count). The van der Waals surface area contributed by atoms with Crippen molar-refractivity contribution in [3.05, 3.63) is 100 Å². The molecule has 6 nitrogen and oxygen atoms in total. The first kappa shape index (κ1) is 21.9. The van der Waals surface area contributed by atoms with Gasteiger partial charge in [-0.25, -0.2) is 13.4 Å². The number of pyridine rings is 1. The molecule has 0 aliphatic rings. The lowest BCUT2D eigenvalue weighted by Gasteiger charge is -2.11. The number of aromatic nitrogens is 2. The highest BCUT2D eigenvalue weighted by Gasteiger charge is 2.22. The van der Waals surface area contributed by atoms with Crippen LogP contribution in [0.15, 0.2) is 76.5 Å². The Morgan fingerprint density at radius 2 is 1.75 bits per heavy atom. The highest BCUT2D eigenvalue weighted by molar-refractivity contribution is 7.90. The van der Waals surface area contributed by atoms with Gasteiger partial charge in [-0.15, -0.1) is 0 Å². The highest BCUT2D eigenvalue weighted by atomic mass is 35.5. The van der Waals surface area contributed by atoms with Gasteiger partial charge in [-0.2, -0.15) is 0 Å². The minimum absolute atomic E-state index is 0.142. The molecule has 0 bridgehead atoms. The SMILES string of the molecule is Cc1ccc(C(=O)c2cc(Cl)ccc2CS(=O)(=O)c2ccc(-c3ocnc3C)cc2)cn1. The van der Waals surface area contributed by atoms with Gasteiger partial charge in [-0.05, 0) is 67.9 Å². The number of nitrogens with zero attached hydrogens (tertiary/aromatic N) is 2. The van der Waals surface area contributed by atoms with Gasteiger partial charge in [0.2, 0.25) is 0 Å². The van der Waals surface area contributed by atoms with Gasteiger partial charge >= 0.3 is 0 Å². The van der Waals surface area contributed by atoms with Gasteiger partial charge < -0.3 is 4.42 Å². The molecule has 2 aromatic heterocycles. The largest absolute Gasteiger partial charge is 0.443 e. The predicted molar refractivity (Wildman–Crippen MR) is 121 cm³/mol. The third-order valence-corrected chi connectivity index (χ3v) is 6.97. The van der Waals surface area contributed by atoms with Crippen molar-refractivity contribution in [3.63, 3.8) is 0 Å². The van der Waals surface area contributed by atoms with Gasteiger partial charge in [0.1, 0.15) is 0 Å². The number of rotatable bonds is 6. The molecular formula is C24H19ClN2O4S. The summed E-state index contributed by atoms with van der Waals surface area (Å²) < 4.78 is 31.6. The minimum Gasteiger partial charge on any atom is -0.443 e. The Bertz CT molecular complexity index is 1390. The molecule has 4 aromatic rings. The second-order valence-corrected chi connectivity index (χ2v) is 9.80. The van der Waals surface area contributed by atoms with Crippen LogP contribution in [0.4, 0.5) is 0 Å². The summed E-state index contributed by atoms with van der Waals surface area (Å²) in [4.78, 5) is 21.4. The van der Waals surface area contributed by atoms with E-state index >= 15 is 0 Å². The Hall–Kier alpha value is -3.29. The van der Waals surface area contributed by atoms with E-state index in [1.807, 2.05) is 13.8 Å². The van der Waals surface area contributed by atoms with Crippen molar-refractivity contribution in [2.24, 2.45) is 0 Å². The third-order valence-electron chi connectivity index (χ3n) is 5.06. The lowest BCUT2D eigenvalue weighted by Crippen LogP contribution is -2.11. The van der Waals surface area contributed by atoms with Crippen LogP contribution in [0.25, 0.3) is 11.3 Å². The maximum Gasteiger partial charge on any atom is 0.194 e. The minimum atomic E-state index is -3.72. The van der Waals surface area contributed by atoms with E-state index in [-0.39, 0.29) is 22.0 Å². The van der Waals surface area contributed by atoms with E-state index < -0.39 is 9.84 Å². The molecule has 2 heterocycles. The van der Waals surface area contributed by atoms with Crippen molar-refractivity contribution in [3.8, 4) is 11.3 Å². The molecule has 2 aromatic carbocycles. The Morgan fingerprint density at radius 1 is 1.00 bits per heavy atom. The topological polar surface area (TPSA) is 90.1 Å². The summed E-state index contributed by atoms with van der Waals surface area (Å²) in [7, 11) is -3.72. The molecule has 0 spiro atoms.